The van der Waals surface area contributed by atoms with Crippen LogP contribution in [0.25, 0.3) is 0 Å². The number of morpholine rings is 1. The van der Waals surface area contributed by atoms with Gasteiger partial charge in [-0.05, 0) is 6.07 Å². The van der Waals surface area contributed by atoms with E-state index in [2.05, 4.69) is 0 Å². The van der Waals surface area contributed by atoms with Crippen molar-refractivity contribution in [2.24, 2.45) is 0 Å². The Morgan fingerprint density at radius 2 is 1.81 bits per heavy atom. The summed E-state index contributed by atoms with van der Waals surface area (Å²) in [6, 6.07) is 3.86. The number of hydrogen-bond acceptors (Lipinski definition) is 5. The number of nitro benzene ring substituents is 1. The summed E-state index contributed by atoms with van der Waals surface area (Å²) in [4.78, 5) is 39.9. The van der Waals surface area contributed by atoms with Crippen molar-refractivity contribution in [2.75, 3.05) is 59.0 Å². The molecule has 2 fully saturated rings. The summed E-state index contributed by atoms with van der Waals surface area (Å²) >= 11 is 6.05. The summed E-state index contributed by atoms with van der Waals surface area (Å²) in [5, 5.41) is 10.9. The van der Waals surface area contributed by atoms with Crippen molar-refractivity contribution in [3.63, 3.8) is 0 Å². The average molecular weight is 398 g/mol. The second-order valence-electron chi connectivity index (χ2n) is 6.63. The van der Waals surface area contributed by atoms with Gasteiger partial charge < -0.3 is 19.4 Å². The van der Waals surface area contributed by atoms with Gasteiger partial charge in [-0.25, -0.2) is 0 Å². The van der Waals surface area contributed by atoms with E-state index in [1.54, 1.807) is 4.90 Å². The number of halogens is 1. The fourth-order valence-corrected chi connectivity index (χ4v) is 3.56. The van der Waals surface area contributed by atoms with Gasteiger partial charge >= 0.3 is 0 Å². The standard InChI is InChI=1S/C17H21ClN4O5/c18-15-11-13(22(25)26)1-2-14(15)17(24)21-5-3-19(4-6-21)12-16(23)20-7-9-27-10-8-20/h1-2,11H,3-10,12H2/p+1. The Labute approximate surface area is 161 Å². The Bertz CT molecular complexity index is 730. The first-order chi connectivity index (χ1) is 13.0. The van der Waals surface area contributed by atoms with Crippen LogP contribution in [0.5, 0.6) is 0 Å². The maximum Gasteiger partial charge on any atom is 0.277 e. The third-order valence-electron chi connectivity index (χ3n) is 4.92. The largest absolute Gasteiger partial charge is 0.378 e. The van der Waals surface area contributed by atoms with Crippen LogP contribution in [0, 0.1) is 10.1 Å². The molecule has 2 aliphatic heterocycles. The number of hydrogen-bond donors (Lipinski definition) is 1. The highest BCUT2D eigenvalue weighted by molar-refractivity contribution is 6.34. The van der Waals surface area contributed by atoms with E-state index in [0.717, 1.165) is 4.90 Å². The van der Waals surface area contributed by atoms with E-state index in [0.29, 0.717) is 59.0 Å². The maximum absolute atomic E-state index is 12.7. The van der Waals surface area contributed by atoms with E-state index in [1.807, 2.05) is 4.90 Å². The van der Waals surface area contributed by atoms with Crippen LogP contribution in [0.4, 0.5) is 5.69 Å². The highest BCUT2D eigenvalue weighted by Gasteiger charge is 2.29. The Morgan fingerprint density at radius 1 is 1.15 bits per heavy atom. The number of quaternary nitrogens is 1. The molecule has 2 aliphatic rings. The lowest BCUT2D eigenvalue weighted by Gasteiger charge is -2.34. The molecule has 1 N–H and O–H groups in total. The van der Waals surface area contributed by atoms with Crippen molar-refractivity contribution in [2.45, 2.75) is 0 Å². The lowest BCUT2D eigenvalue weighted by molar-refractivity contribution is -0.896. The molecule has 0 atom stereocenters. The minimum absolute atomic E-state index is 0.0754. The van der Waals surface area contributed by atoms with E-state index in [4.69, 9.17) is 16.3 Å². The van der Waals surface area contributed by atoms with Crippen molar-refractivity contribution in [1.82, 2.24) is 9.80 Å². The van der Waals surface area contributed by atoms with Gasteiger partial charge in [0.2, 0.25) is 0 Å². The predicted molar refractivity (Wildman–Crippen MR) is 97.0 cm³/mol. The Morgan fingerprint density at radius 3 is 2.41 bits per heavy atom. The SMILES string of the molecule is O=C(C[NH+]1CCN(C(=O)c2ccc([N+](=O)[O-])cc2Cl)CC1)N1CCOCC1. The molecule has 27 heavy (non-hydrogen) atoms. The first-order valence-electron chi connectivity index (χ1n) is 8.88. The zero-order valence-electron chi connectivity index (χ0n) is 14.9. The molecule has 0 spiro atoms. The summed E-state index contributed by atoms with van der Waals surface area (Å²) in [5.41, 5.74) is 0.113. The zero-order chi connectivity index (χ0) is 19.4. The van der Waals surface area contributed by atoms with Crippen molar-refractivity contribution in [3.8, 4) is 0 Å². The topological polar surface area (TPSA) is 97.4 Å². The number of nitrogens with one attached hydrogen (secondary N) is 1. The summed E-state index contributed by atoms with van der Waals surface area (Å²) < 4.78 is 5.26. The smallest absolute Gasteiger partial charge is 0.277 e. The Balaban J connectivity index is 1.53. The molecule has 1 aromatic rings. The molecule has 0 radical (unpaired) electrons. The molecule has 2 saturated heterocycles. The number of carbonyl (C=O) groups is 2. The fourth-order valence-electron chi connectivity index (χ4n) is 3.30. The van der Waals surface area contributed by atoms with E-state index in [1.165, 1.54) is 18.2 Å². The summed E-state index contributed by atoms with van der Waals surface area (Å²) in [6.07, 6.45) is 0. The third-order valence-corrected chi connectivity index (χ3v) is 5.23. The molecule has 1 aromatic carbocycles. The monoisotopic (exact) mass is 397 g/mol. The van der Waals surface area contributed by atoms with E-state index in [-0.39, 0.29) is 28.1 Å². The molecule has 0 unspecified atom stereocenters. The number of nitro groups is 1. The van der Waals surface area contributed by atoms with Gasteiger partial charge in [-0.1, -0.05) is 11.6 Å². The van der Waals surface area contributed by atoms with E-state index < -0.39 is 4.92 Å². The number of amides is 2. The molecule has 3 rings (SSSR count). The van der Waals surface area contributed by atoms with Crippen molar-refractivity contribution in [1.29, 1.82) is 0 Å². The quantitative estimate of drug-likeness (QED) is 0.543. The number of piperazine rings is 1. The lowest BCUT2D eigenvalue weighted by atomic mass is 10.1. The van der Waals surface area contributed by atoms with Gasteiger partial charge in [0.05, 0.1) is 54.9 Å². The van der Waals surface area contributed by atoms with Crippen LogP contribution in [0.15, 0.2) is 18.2 Å². The molecule has 9 nitrogen and oxygen atoms in total. The van der Waals surface area contributed by atoms with Crippen LogP contribution in [-0.2, 0) is 9.53 Å². The molecule has 2 heterocycles. The minimum atomic E-state index is -0.548. The van der Waals surface area contributed by atoms with Gasteiger partial charge in [0.1, 0.15) is 0 Å². The van der Waals surface area contributed by atoms with Crippen molar-refractivity contribution >= 4 is 29.1 Å². The molecule has 2 amide bonds. The van der Waals surface area contributed by atoms with Gasteiger partial charge in [-0.15, -0.1) is 0 Å². The minimum Gasteiger partial charge on any atom is -0.378 e. The highest BCUT2D eigenvalue weighted by atomic mass is 35.5. The second kappa shape index (κ2) is 8.64. The second-order valence-corrected chi connectivity index (χ2v) is 7.04. The normalized spacial score (nSPS) is 18.4. The van der Waals surface area contributed by atoms with Gasteiger partial charge in [0.15, 0.2) is 6.54 Å². The number of non-ortho nitro benzene ring substituents is 1. The molecule has 0 aliphatic carbocycles. The first-order valence-corrected chi connectivity index (χ1v) is 9.26. The number of ether oxygens (including phenoxy) is 1. The third kappa shape index (κ3) is 4.74. The fraction of sp³-hybridized carbons (Fsp3) is 0.529. The Hall–Kier alpha value is -2.23. The molecule has 10 heteroatoms. The van der Waals surface area contributed by atoms with Gasteiger partial charge in [-0.2, -0.15) is 0 Å². The number of rotatable bonds is 4. The van der Waals surface area contributed by atoms with Crippen molar-refractivity contribution in [3.05, 3.63) is 38.9 Å². The van der Waals surface area contributed by atoms with Crippen molar-refractivity contribution < 1.29 is 24.1 Å². The van der Waals surface area contributed by atoms with Gasteiger partial charge in [-0.3, -0.25) is 19.7 Å². The average Bonchev–Trinajstić information content (AvgIpc) is 2.68. The first kappa shape index (κ1) is 19.5. The van der Waals surface area contributed by atoms with E-state index in [9.17, 15) is 19.7 Å². The number of benzene rings is 1. The Kier molecular flexibility index (Phi) is 6.25. The van der Waals surface area contributed by atoms with Gasteiger partial charge in [0.25, 0.3) is 17.5 Å². The molecule has 0 aromatic heterocycles. The molecular weight excluding hydrogens is 376 g/mol. The van der Waals surface area contributed by atoms with E-state index >= 15 is 0 Å². The summed E-state index contributed by atoms with van der Waals surface area (Å²) in [6.45, 7) is 5.22. The molecule has 0 bridgehead atoms. The van der Waals surface area contributed by atoms with Crippen LogP contribution < -0.4 is 4.90 Å². The van der Waals surface area contributed by atoms with Crippen LogP contribution in [-0.4, -0.2) is 85.6 Å². The summed E-state index contributed by atoms with van der Waals surface area (Å²) in [5.74, 6) is -0.125. The van der Waals surface area contributed by atoms with Gasteiger partial charge in [0, 0.05) is 25.2 Å². The number of carbonyl (C=O) groups excluding carboxylic acids is 2. The van der Waals surface area contributed by atoms with Crippen LogP contribution in [0.2, 0.25) is 5.02 Å². The predicted octanol–water partition coefficient (Wildman–Crippen LogP) is -0.552. The number of nitrogens with zero attached hydrogens (tertiary/aromatic N) is 3. The molecule has 0 saturated carbocycles. The van der Waals surface area contributed by atoms with Crippen LogP contribution in [0.3, 0.4) is 0 Å². The maximum atomic E-state index is 12.7. The molecular formula is C17H22ClN4O5+. The van der Waals surface area contributed by atoms with Crippen LogP contribution >= 0.6 is 11.6 Å². The van der Waals surface area contributed by atoms with Crippen LogP contribution in [0.1, 0.15) is 10.4 Å². The molecule has 146 valence electrons. The summed E-state index contributed by atoms with van der Waals surface area (Å²) in [7, 11) is 0. The highest BCUT2D eigenvalue weighted by Crippen LogP contribution is 2.23. The lowest BCUT2D eigenvalue weighted by Crippen LogP contribution is -3.15. The zero-order valence-corrected chi connectivity index (χ0v) is 15.6.